The Balaban J connectivity index is 2.21. The summed E-state index contributed by atoms with van der Waals surface area (Å²) < 4.78 is 8.11. The van der Waals surface area contributed by atoms with E-state index in [0.717, 1.165) is 42.8 Å². The number of unbranched alkanes of at least 4 members (excludes halogenated alkanes) is 1. The number of hydrogen-bond donors (Lipinski definition) is 1. The summed E-state index contributed by atoms with van der Waals surface area (Å²) in [5.74, 6) is 0. The topological polar surface area (TPSA) is 43.3 Å². The maximum absolute atomic E-state index is 11.8. The standard InChI is InChI=1S/C14H23BrN2O2/c1-3-4-8-19-9-6-16-5-7-17-11-13(15)10-12(2)14(17)18/h10-11,16H,3-9H2,1-2H3. The zero-order valence-corrected chi connectivity index (χ0v) is 13.3. The van der Waals surface area contributed by atoms with Crippen molar-refractivity contribution >= 4 is 15.9 Å². The van der Waals surface area contributed by atoms with E-state index in [2.05, 4.69) is 28.2 Å². The van der Waals surface area contributed by atoms with Gasteiger partial charge in [0.2, 0.25) is 0 Å². The molecule has 0 aromatic carbocycles. The molecule has 4 nitrogen and oxygen atoms in total. The van der Waals surface area contributed by atoms with Crippen LogP contribution in [0.3, 0.4) is 0 Å². The van der Waals surface area contributed by atoms with Crippen molar-refractivity contribution in [1.29, 1.82) is 0 Å². The molecule has 108 valence electrons. The maximum atomic E-state index is 11.8. The van der Waals surface area contributed by atoms with Crippen LogP contribution in [0.4, 0.5) is 0 Å². The summed E-state index contributed by atoms with van der Waals surface area (Å²) in [5.41, 5.74) is 0.835. The van der Waals surface area contributed by atoms with Gasteiger partial charge in [-0.1, -0.05) is 13.3 Å². The fourth-order valence-electron chi connectivity index (χ4n) is 1.72. The second-order valence-corrected chi connectivity index (χ2v) is 5.47. The molecular weight excluding hydrogens is 308 g/mol. The SMILES string of the molecule is CCCCOCCNCCn1cc(Br)cc(C)c1=O. The lowest BCUT2D eigenvalue weighted by Crippen LogP contribution is -2.29. The number of ether oxygens (including phenoxy) is 1. The summed E-state index contributed by atoms with van der Waals surface area (Å²) in [6.45, 7) is 7.82. The summed E-state index contributed by atoms with van der Waals surface area (Å²) in [4.78, 5) is 11.8. The Kier molecular flexibility index (Phi) is 8.02. The highest BCUT2D eigenvalue weighted by Crippen LogP contribution is 2.07. The molecule has 0 saturated heterocycles. The summed E-state index contributed by atoms with van der Waals surface area (Å²) in [6.07, 6.45) is 4.11. The first kappa shape index (κ1) is 16.4. The molecule has 5 heteroatoms. The van der Waals surface area contributed by atoms with Crippen molar-refractivity contribution in [3.8, 4) is 0 Å². The summed E-state index contributed by atoms with van der Waals surface area (Å²) >= 11 is 3.40. The fraction of sp³-hybridized carbons (Fsp3) is 0.643. The van der Waals surface area contributed by atoms with Crippen LogP contribution in [-0.2, 0) is 11.3 Å². The van der Waals surface area contributed by atoms with Gasteiger partial charge in [0, 0.05) is 42.5 Å². The highest BCUT2D eigenvalue weighted by molar-refractivity contribution is 9.10. The van der Waals surface area contributed by atoms with Gasteiger partial charge in [0.15, 0.2) is 0 Å². The smallest absolute Gasteiger partial charge is 0.253 e. The van der Waals surface area contributed by atoms with Crippen LogP contribution in [0.5, 0.6) is 0 Å². The van der Waals surface area contributed by atoms with Gasteiger partial charge < -0.3 is 14.6 Å². The van der Waals surface area contributed by atoms with Gasteiger partial charge in [-0.05, 0) is 35.3 Å². The minimum Gasteiger partial charge on any atom is -0.380 e. The Hall–Kier alpha value is -0.650. The summed E-state index contributed by atoms with van der Waals surface area (Å²) in [5, 5.41) is 3.28. The van der Waals surface area contributed by atoms with Crippen molar-refractivity contribution in [3.05, 3.63) is 32.7 Å². The number of nitrogens with zero attached hydrogens (tertiary/aromatic N) is 1. The number of halogens is 1. The number of aromatic nitrogens is 1. The monoisotopic (exact) mass is 330 g/mol. The van der Waals surface area contributed by atoms with Crippen molar-refractivity contribution in [2.75, 3.05) is 26.3 Å². The Morgan fingerprint density at radius 2 is 2.16 bits per heavy atom. The van der Waals surface area contributed by atoms with E-state index in [1.54, 1.807) is 4.57 Å². The van der Waals surface area contributed by atoms with Crippen molar-refractivity contribution in [3.63, 3.8) is 0 Å². The fourth-order valence-corrected chi connectivity index (χ4v) is 2.31. The largest absolute Gasteiger partial charge is 0.380 e. The van der Waals surface area contributed by atoms with Crippen LogP contribution in [0.2, 0.25) is 0 Å². The number of pyridine rings is 1. The van der Waals surface area contributed by atoms with Gasteiger partial charge in [-0.15, -0.1) is 0 Å². The lowest BCUT2D eigenvalue weighted by Gasteiger charge is -2.09. The molecule has 19 heavy (non-hydrogen) atoms. The molecule has 0 fully saturated rings. The average molecular weight is 331 g/mol. The molecule has 0 bridgehead atoms. The van der Waals surface area contributed by atoms with E-state index in [1.165, 1.54) is 6.42 Å². The first-order valence-corrected chi connectivity index (χ1v) is 7.59. The van der Waals surface area contributed by atoms with E-state index < -0.39 is 0 Å². The predicted molar refractivity (Wildman–Crippen MR) is 81.7 cm³/mol. The number of aryl methyl sites for hydroxylation is 1. The Labute approximate surface area is 123 Å². The zero-order chi connectivity index (χ0) is 14.1. The molecular formula is C14H23BrN2O2. The van der Waals surface area contributed by atoms with Crippen LogP contribution < -0.4 is 10.9 Å². The van der Waals surface area contributed by atoms with E-state index in [4.69, 9.17) is 4.74 Å². The molecule has 1 rings (SSSR count). The Bertz CT molecular complexity index is 432. The van der Waals surface area contributed by atoms with Gasteiger partial charge in [-0.25, -0.2) is 0 Å². The third-order valence-corrected chi connectivity index (χ3v) is 3.26. The zero-order valence-electron chi connectivity index (χ0n) is 11.7. The van der Waals surface area contributed by atoms with Crippen LogP contribution in [0.25, 0.3) is 0 Å². The average Bonchev–Trinajstić information content (AvgIpc) is 2.38. The first-order chi connectivity index (χ1) is 9.15. The van der Waals surface area contributed by atoms with Crippen molar-refractivity contribution in [1.82, 2.24) is 9.88 Å². The highest BCUT2D eigenvalue weighted by Gasteiger charge is 2.01. The van der Waals surface area contributed by atoms with Gasteiger partial charge in [0.05, 0.1) is 6.61 Å². The molecule has 0 unspecified atom stereocenters. The van der Waals surface area contributed by atoms with E-state index in [-0.39, 0.29) is 5.56 Å². The minimum atomic E-state index is 0.0733. The molecule has 1 aromatic heterocycles. The lowest BCUT2D eigenvalue weighted by molar-refractivity contribution is 0.133. The predicted octanol–water partition coefficient (Wildman–Crippen LogP) is 2.33. The normalized spacial score (nSPS) is 10.9. The summed E-state index contributed by atoms with van der Waals surface area (Å²) in [7, 11) is 0. The molecule has 0 spiro atoms. The second kappa shape index (κ2) is 9.28. The number of rotatable bonds is 9. The number of nitrogens with one attached hydrogen (secondary N) is 1. The maximum Gasteiger partial charge on any atom is 0.253 e. The molecule has 0 saturated carbocycles. The van der Waals surface area contributed by atoms with Crippen LogP contribution >= 0.6 is 15.9 Å². The third-order valence-electron chi connectivity index (χ3n) is 2.83. The van der Waals surface area contributed by atoms with Gasteiger partial charge >= 0.3 is 0 Å². The van der Waals surface area contributed by atoms with Crippen LogP contribution in [0, 0.1) is 6.92 Å². The molecule has 1 heterocycles. The van der Waals surface area contributed by atoms with Crippen molar-refractivity contribution < 1.29 is 4.74 Å². The van der Waals surface area contributed by atoms with Gasteiger partial charge in [-0.3, -0.25) is 4.79 Å². The van der Waals surface area contributed by atoms with Gasteiger partial charge in [0.1, 0.15) is 0 Å². The Morgan fingerprint density at radius 3 is 2.89 bits per heavy atom. The molecule has 0 atom stereocenters. The van der Waals surface area contributed by atoms with Crippen molar-refractivity contribution in [2.24, 2.45) is 0 Å². The molecule has 0 radical (unpaired) electrons. The van der Waals surface area contributed by atoms with E-state index >= 15 is 0 Å². The quantitative estimate of drug-likeness (QED) is 0.706. The van der Waals surface area contributed by atoms with Crippen LogP contribution in [-0.4, -0.2) is 30.9 Å². The first-order valence-electron chi connectivity index (χ1n) is 6.80. The molecule has 0 aliphatic heterocycles. The second-order valence-electron chi connectivity index (χ2n) is 4.56. The van der Waals surface area contributed by atoms with Gasteiger partial charge in [-0.2, -0.15) is 0 Å². The van der Waals surface area contributed by atoms with E-state index in [9.17, 15) is 4.79 Å². The number of hydrogen-bond acceptors (Lipinski definition) is 3. The molecule has 0 aliphatic carbocycles. The minimum absolute atomic E-state index is 0.0733. The lowest BCUT2D eigenvalue weighted by atomic mass is 10.3. The van der Waals surface area contributed by atoms with Crippen LogP contribution in [0.1, 0.15) is 25.3 Å². The molecule has 1 aromatic rings. The van der Waals surface area contributed by atoms with E-state index in [1.807, 2.05) is 19.2 Å². The van der Waals surface area contributed by atoms with Gasteiger partial charge in [0.25, 0.3) is 5.56 Å². The highest BCUT2D eigenvalue weighted by atomic mass is 79.9. The molecule has 1 N–H and O–H groups in total. The van der Waals surface area contributed by atoms with Crippen molar-refractivity contribution in [2.45, 2.75) is 33.2 Å². The summed E-state index contributed by atoms with van der Waals surface area (Å²) in [6, 6.07) is 1.84. The molecule has 0 aliphatic rings. The third kappa shape index (κ3) is 6.36. The van der Waals surface area contributed by atoms with E-state index in [0.29, 0.717) is 6.54 Å². The van der Waals surface area contributed by atoms with Crippen LogP contribution in [0.15, 0.2) is 21.5 Å². The Morgan fingerprint density at radius 1 is 1.37 bits per heavy atom. The molecule has 0 amide bonds.